The molecule has 3 heteroatoms. The lowest BCUT2D eigenvalue weighted by Crippen LogP contribution is -2.34. The number of H-pyrrole nitrogens is 1. The highest BCUT2D eigenvalue weighted by Crippen LogP contribution is 2.30. The van der Waals surface area contributed by atoms with Crippen LogP contribution in [0.3, 0.4) is 0 Å². The van der Waals surface area contributed by atoms with Crippen molar-refractivity contribution >= 4 is 5.69 Å². The first-order valence-corrected chi connectivity index (χ1v) is 4.95. The second kappa shape index (κ2) is 3.05. The molecule has 0 spiro atoms. The monoisotopic (exact) mass is 179 g/mol. The molecule has 0 saturated heterocycles. The summed E-state index contributed by atoms with van der Waals surface area (Å²) in [5.74, 6) is 0.894. The summed E-state index contributed by atoms with van der Waals surface area (Å²) in [4.78, 5) is 0. The number of rotatable bonds is 2. The Labute approximate surface area is 78.9 Å². The summed E-state index contributed by atoms with van der Waals surface area (Å²) < 4.78 is 0. The van der Waals surface area contributed by atoms with Crippen LogP contribution in [0.5, 0.6) is 0 Å². The first-order valence-electron chi connectivity index (χ1n) is 4.95. The lowest BCUT2D eigenvalue weighted by molar-refractivity contribution is 0.309. The maximum Gasteiger partial charge on any atom is 0.0825 e. The van der Waals surface area contributed by atoms with Gasteiger partial charge < -0.3 is 5.32 Å². The van der Waals surface area contributed by atoms with Crippen LogP contribution < -0.4 is 5.32 Å². The Balaban J connectivity index is 2.01. The van der Waals surface area contributed by atoms with E-state index in [4.69, 9.17) is 0 Å². The number of hydrogen-bond donors (Lipinski definition) is 2. The molecule has 13 heavy (non-hydrogen) atoms. The van der Waals surface area contributed by atoms with Gasteiger partial charge in [-0.05, 0) is 32.6 Å². The molecule has 0 aromatic carbocycles. The van der Waals surface area contributed by atoms with Crippen molar-refractivity contribution in [1.82, 2.24) is 10.2 Å². The van der Waals surface area contributed by atoms with Gasteiger partial charge in [-0.2, -0.15) is 5.10 Å². The summed E-state index contributed by atoms with van der Waals surface area (Å²) in [6.45, 7) is 6.39. The third-order valence-corrected chi connectivity index (χ3v) is 2.85. The van der Waals surface area contributed by atoms with E-state index < -0.39 is 0 Å². The van der Waals surface area contributed by atoms with E-state index in [1.807, 2.05) is 6.92 Å². The Kier molecular flexibility index (Phi) is 2.02. The van der Waals surface area contributed by atoms with Crippen molar-refractivity contribution in [2.75, 3.05) is 5.32 Å². The molecular formula is C10H17N3. The quantitative estimate of drug-likeness (QED) is 0.731. The van der Waals surface area contributed by atoms with E-state index in [2.05, 4.69) is 29.4 Å². The van der Waals surface area contributed by atoms with Gasteiger partial charge in [-0.25, -0.2) is 0 Å². The molecule has 1 saturated carbocycles. The predicted molar refractivity (Wildman–Crippen MR) is 53.9 cm³/mol. The average Bonchev–Trinajstić information content (AvgIpc) is 2.32. The van der Waals surface area contributed by atoms with E-state index in [1.165, 1.54) is 18.5 Å². The fourth-order valence-corrected chi connectivity index (χ4v) is 1.99. The molecule has 0 unspecified atom stereocenters. The molecule has 1 fully saturated rings. The predicted octanol–water partition coefficient (Wildman–Crippen LogP) is 2.24. The van der Waals surface area contributed by atoms with Crippen molar-refractivity contribution in [1.29, 1.82) is 0 Å². The lowest BCUT2D eigenvalue weighted by atomic mass is 9.82. The maximum absolute atomic E-state index is 4.16. The van der Waals surface area contributed by atoms with Crippen LogP contribution in [-0.4, -0.2) is 16.2 Å². The van der Waals surface area contributed by atoms with Gasteiger partial charge in [0.2, 0.25) is 0 Å². The highest BCUT2D eigenvalue weighted by atomic mass is 15.2. The molecule has 1 aromatic rings. The van der Waals surface area contributed by atoms with Gasteiger partial charge in [0, 0.05) is 6.04 Å². The van der Waals surface area contributed by atoms with Crippen molar-refractivity contribution in [3.05, 3.63) is 11.4 Å². The van der Waals surface area contributed by atoms with Gasteiger partial charge in [0.25, 0.3) is 0 Å². The molecule has 2 rings (SSSR count). The molecule has 1 aromatic heterocycles. The van der Waals surface area contributed by atoms with Crippen LogP contribution in [0.15, 0.2) is 0 Å². The molecule has 1 heterocycles. The fraction of sp³-hybridized carbons (Fsp3) is 0.700. The topological polar surface area (TPSA) is 40.7 Å². The standard InChI is InChI=1S/C10H17N3/c1-6-4-9(5-6)11-10-7(2)12-13-8(10)3/h6,9,11H,4-5H2,1-3H3,(H,12,13). The van der Waals surface area contributed by atoms with Crippen molar-refractivity contribution in [3.63, 3.8) is 0 Å². The molecule has 1 aliphatic carbocycles. The highest BCUT2D eigenvalue weighted by molar-refractivity contribution is 5.52. The van der Waals surface area contributed by atoms with E-state index >= 15 is 0 Å². The zero-order chi connectivity index (χ0) is 9.42. The van der Waals surface area contributed by atoms with Crippen LogP contribution in [0, 0.1) is 19.8 Å². The number of nitrogens with one attached hydrogen (secondary N) is 2. The number of hydrogen-bond acceptors (Lipinski definition) is 2. The van der Waals surface area contributed by atoms with Crippen molar-refractivity contribution < 1.29 is 0 Å². The molecule has 0 bridgehead atoms. The number of nitrogens with zero attached hydrogens (tertiary/aromatic N) is 1. The summed E-state index contributed by atoms with van der Waals surface area (Å²) in [6.07, 6.45) is 2.59. The Hall–Kier alpha value is -0.990. The lowest BCUT2D eigenvalue weighted by Gasteiger charge is -2.34. The molecule has 0 radical (unpaired) electrons. The molecule has 0 amide bonds. The number of aryl methyl sites for hydroxylation is 2. The number of aromatic amines is 1. The molecule has 3 nitrogen and oxygen atoms in total. The summed E-state index contributed by atoms with van der Waals surface area (Å²) in [5, 5.41) is 10.7. The van der Waals surface area contributed by atoms with Gasteiger partial charge in [-0.15, -0.1) is 0 Å². The Morgan fingerprint density at radius 2 is 2.08 bits per heavy atom. The van der Waals surface area contributed by atoms with Crippen molar-refractivity contribution in [3.8, 4) is 0 Å². The Bertz CT molecular complexity index is 278. The zero-order valence-electron chi connectivity index (χ0n) is 8.52. The van der Waals surface area contributed by atoms with Crippen LogP contribution >= 0.6 is 0 Å². The van der Waals surface area contributed by atoms with Crippen LogP contribution in [0.4, 0.5) is 5.69 Å². The van der Waals surface area contributed by atoms with Gasteiger partial charge in [0.1, 0.15) is 0 Å². The molecule has 1 aliphatic rings. The summed E-state index contributed by atoms with van der Waals surface area (Å²) >= 11 is 0. The Morgan fingerprint density at radius 1 is 1.38 bits per heavy atom. The largest absolute Gasteiger partial charge is 0.379 e. The van der Waals surface area contributed by atoms with Crippen molar-refractivity contribution in [2.45, 2.75) is 39.7 Å². The van der Waals surface area contributed by atoms with Gasteiger partial charge in [-0.1, -0.05) is 6.92 Å². The summed E-state index contributed by atoms with van der Waals surface area (Å²) in [5.41, 5.74) is 3.44. The smallest absolute Gasteiger partial charge is 0.0825 e. The minimum atomic E-state index is 0.671. The maximum atomic E-state index is 4.16. The van der Waals surface area contributed by atoms with E-state index in [9.17, 15) is 0 Å². The van der Waals surface area contributed by atoms with Crippen LogP contribution in [0.2, 0.25) is 0 Å². The number of anilines is 1. The normalized spacial score (nSPS) is 27.0. The number of aromatic nitrogens is 2. The molecule has 2 N–H and O–H groups in total. The van der Waals surface area contributed by atoms with Gasteiger partial charge >= 0.3 is 0 Å². The third-order valence-electron chi connectivity index (χ3n) is 2.85. The highest BCUT2D eigenvalue weighted by Gasteiger charge is 2.26. The molecule has 72 valence electrons. The first kappa shape index (κ1) is 8.60. The Morgan fingerprint density at radius 3 is 2.54 bits per heavy atom. The van der Waals surface area contributed by atoms with Gasteiger partial charge in [0.05, 0.1) is 17.1 Å². The van der Waals surface area contributed by atoms with E-state index in [1.54, 1.807) is 0 Å². The van der Waals surface area contributed by atoms with Crippen LogP contribution in [0.1, 0.15) is 31.2 Å². The van der Waals surface area contributed by atoms with E-state index in [0.29, 0.717) is 6.04 Å². The summed E-state index contributed by atoms with van der Waals surface area (Å²) in [7, 11) is 0. The van der Waals surface area contributed by atoms with Crippen LogP contribution in [0.25, 0.3) is 0 Å². The average molecular weight is 179 g/mol. The zero-order valence-corrected chi connectivity index (χ0v) is 8.52. The van der Waals surface area contributed by atoms with Crippen LogP contribution in [-0.2, 0) is 0 Å². The summed E-state index contributed by atoms with van der Waals surface area (Å²) in [6, 6.07) is 0.671. The van der Waals surface area contributed by atoms with Crippen molar-refractivity contribution in [2.24, 2.45) is 5.92 Å². The SMILES string of the molecule is Cc1n[nH]c(C)c1NC1CC(C)C1. The molecule has 0 aliphatic heterocycles. The molecular weight excluding hydrogens is 162 g/mol. The third kappa shape index (κ3) is 1.55. The van der Waals surface area contributed by atoms with Gasteiger partial charge in [-0.3, -0.25) is 5.10 Å². The minimum Gasteiger partial charge on any atom is -0.379 e. The second-order valence-corrected chi connectivity index (χ2v) is 4.23. The van der Waals surface area contributed by atoms with E-state index in [-0.39, 0.29) is 0 Å². The second-order valence-electron chi connectivity index (χ2n) is 4.23. The molecule has 0 atom stereocenters. The van der Waals surface area contributed by atoms with E-state index in [0.717, 1.165) is 17.3 Å². The fourth-order valence-electron chi connectivity index (χ4n) is 1.99. The van der Waals surface area contributed by atoms with Gasteiger partial charge in [0.15, 0.2) is 0 Å². The minimum absolute atomic E-state index is 0.671. The first-order chi connectivity index (χ1) is 6.16.